The summed E-state index contributed by atoms with van der Waals surface area (Å²) >= 11 is 6.19. The molecule has 0 bridgehead atoms. The Bertz CT molecular complexity index is 852. The zero-order valence-corrected chi connectivity index (χ0v) is 15.0. The van der Waals surface area contributed by atoms with E-state index in [1.165, 1.54) is 4.90 Å². The number of ether oxygens (including phenoxy) is 1. The van der Waals surface area contributed by atoms with E-state index in [0.29, 0.717) is 16.4 Å². The summed E-state index contributed by atoms with van der Waals surface area (Å²) in [6.45, 7) is 1.94. The summed E-state index contributed by atoms with van der Waals surface area (Å²) in [7, 11) is 0. The molecular formula is C19H18ClN3O3. The van der Waals surface area contributed by atoms with Crippen molar-refractivity contribution in [3.63, 3.8) is 0 Å². The summed E-state index contributed by atoms with van der Waals surface area (Å²) in [6, 6.07) is 14.8. The predicted molar refractivity (Wildman–Crippen MR) is 101 cm³/mol. The average Bonchev–Trinajstić information content (AvgIpc) is 2.77. The van der Waals surface area contributed by atoms with E-state index in [1.807, 2.05) is 30.3 Å². The number of alkyl carbamates (subject to hydrolysis) is 1. The van der Waals surface area contributed by atoms with Crippen LogP contribution in [0.1, 0.15) is 18.1 Å². The maximum atomic E-state index is 12.6. The molecule has 0 saturated carbocycles. The van der Waals surface area contributed by atoms with Crippen LogP contribution >= 0.6 is 11.6 Å². The first kappa shape index (κ1) is 17.9. The largest absolute Gasteiger partial charge is 0.450 e. The number of anilines is 1. The van der Waals surface area contributed by atoms with Crippen molar-refractivity contribution < 1.29 is 14.3 Å². The quantitative estimate of drug-likeness (QED) is 0.896. The van der Waals surface area contributed by atoms with Crippen LogP contribution in [0.3, 0.4) is 0 Å². The molecule has 0 aliphatic carbocycles. The highest BCUT2D eigenvalue weighted by Crippen LogP contribution is 2.29. The highest BCUT2D eigenvalue weighted by atomic mass is 35.5. The first-order valence-corrected chi connectivity index (χ1v) is 8.58. The summed E-state index contributed by atoms with van der Waals surface area (Å²) in [6.07, 6.45) is -0.579. The van der Waals surface area contributed by atoms with Crippen LogP contribution in [0.5, 0.6) is 0 Å². The normalized spacial score (nSPS) is 13.5. The molecule has 1 aliphatic rings. The van der Waals surface area contributed by atoms with Gasteiger partial charge in [0.15, 0.2) is 0 Å². The minimum Gasteiger partial charge on any atom is -0.450 e. The van der Waals surface area contributed by atoms with Gasteiger partial charge in [-0.25, -0.2) is 4.79 Å². The van der Waals surface area contributed by atoms with Crippen LogP contribution in [0, 0.1) is 0 Å². The maximum absolute atomic E-state index is 12.6. The Morgan fingerprint density at radius 3 is 2.77 bits per heavy atom. The Balaban J connectivity index is 1.99. The van der Waals surface area contributed by atoms with Gasteiger partial charge < -0.3 is 10.1 Å². The standard InChI is InChI=1S/C19H18ClN3O3/c1-2-26-19(25)22-12-23-16-9-8-14(20)10-15(16)18(21-11-17(23)24)13-6-4-3-5-7-13/h3-10H,2,11-12H2,1H3,(H,22,25). The van der Waals surface area contributed by atoms with E-state index in [4.69, 9.17) is 16.3 Å². The van der Waals surface area contributed by atoms with Crippen molar-refractivity contribution in [2.75, 3.05) is 24.7 Å². The van der Waals surface area contributed by atoms with Crippen molar-refractivity contribution in [1.82, 2.24) is 5.32 Å². The zero-order chi connectivity index (χ0) is 18.5. The van der Waals surface area contributed by atoms with Crippen LogP contribution in [0.25, 0.3) is 0 Å². The topological polar surface area (TPSA) is 71.0 Å². The van der Waals surface area contributed by atoms with Gasteiger partial charge in [-0.15, -0.1) is 0 Å². The monoisotopic (exact) mass is 371 g/mol. The number of hydrogen-bond donors (Lipinski definition) is 1. The molecule has 2 aromatic carbocycles. The van der Waals surface area contributed by atoms with Crippen LogP contribution in [-0.4, -0.2) is 37.5 Å². The Hall–Kier alpha value is -2.86. The van der Waals surface area contributed by atoms with Gasteiger partial charge in [-0.3, -0.25) is 14.7 Å². The Kier molecular flexibility index (Phi) is 5.53. The number of benzene rings is 2. The van der Waals surface area contributed by atoms with Crippen molar-refractivity contribution in [1.29, 1.82) is 0 Å². The first-order valence-electron chi connectivity index (χ1n) is 8.21. The van der Waals surface area contributed by atoms with Gasteiger partial charge in [0, 0.05) is 16.1 Å². The van der Waals surface area contributed by atoms with E-state index in [2.05, 4.69) is 10.3 Å². The third-order valence-electron chi connectivity index (χ3n) is 3.88. The first-order chi connectivity index (χ1) is 12.6. The van der Waals surface area contributed by atoms with Crippen LogP contribution in [0.15, 0.2) is 53.5 Å². The number of aliphatic imine (C=N–C) groups is 1. The number of benzodiazepines with no additional fused rings is 1. The fraction of sp³-hybridized carbons (Fsp3) is 0.211. The van der Waals surface area contributed by atoms with E-state index in [9.17, 15) is 9.59 Å². The van der Waals surface area contributed by atoms with Crippen molar-refractivity contribution in [2.24, 2.45) is 4.99 Å². The van der Waals surface area contributed by atoms with E-state index >= 15 is 0 Å². The van der Waals surface area contributed by atoms with E-state index in [0.717, 1.165) is 11.1 Å². The van der Waals surface area contributed by atoms with Gasteiger partial charge >= 0.3 is 6.09 Å². The summed E-state index contributed by atoms with van der Waals surface area (Å²) in [5.41, 5.74) is 2.95. The number of carbonyl (C=O) groups is 2. The van der Waals surface area contributed by atoms with Gasteiger partial charge in [-0.2, -0.15) is 0 Å². The third kappa shape index (κ3) is 3.86. The lowest BCUT2D eigenvalue weighted by Gasteiger charge is -2.23. The smallest absolute Gasteiger partial charge is 0.408 e. The number of fused-ring (bicyclic) bond motifs is 1. The van der Waals surface area contributed by atoms with Crippen molar-refractivity contribution in [3.8, 4) is 0 Å². The van der Waals surface area contributed by atoms with Gasteiger partial charge in [-0.1, -0.05) is 41.9 Å². The highest BCUT2D eigenvalue weighted by Gasteiger charge is 2.25. The molecule has 0 spiro atoms. The second-order valence-electron chi connectivity index (χ2n) is 5.57. The number of nitrogens with one attached hydrogen (secondary N) is 1. The van der Waals surface area contributed by atoms with Gasteiger partial charge in [0.25, 0.3) is 0 Å². The lowest BCUT2D eigenvalue weighted by Crippen LogP contribution is -2.42. The van der Waals surface area contributed by atoms with Crippen LogP contribution in [-0.2, 0) is 9.53 Å². The van der Waals surface area contributed by atoms with Gasteiger partial charge in [0.2, 0.25) is 5.91 Å². The second-order valence-corrected chi connectivity index (χ2v) is 6.01. The molecule has 134 valence electrons. The third-order valence-corrected chi connectivity index (χ3v) is 4.12. The van der Waals surface area contributed by atoms with E-state index in [-0.39, 0.29) is 25.7 Å². The number of carbonyl (C=O) groups excluding carboxylic acids is 2. The summed E-state index contributed by atoms with van der Waals surface area (Å²) in [5, 5.41) is 3.12. The number of rotatable bonds is 4. The maximum Gasteiger partial charge on any atom is 0.408 e. The minimum atomic E-state index is -0.579. The Labute approximate surface area is 156 Å². The molecule has 0 unspecified atom stereocenters. The predicted octanol–water partition coefficient (Wildman–Crippen LogP) is 3.23. The summed E-state index contributed by atoms with van der Waals surface area (Å²) < 4.78 is 4.86. The summed E-state index contributed by atoms with van der Waals surface area (Å²) in [4.78, 5) is 30.2. The van der Waals surface area contributed by atoms with Crippen molar-refractivity contribution in [2.45, 2.75) is 6.92 Å². The zero-order valence-electron chi connectivity index (χ0n) is 14.2. The second kappa shape index (κ2) is 8.01. The SMILES string of the molecule is CCOC(=O)NCN1C(=O)CN=C(c2ccccc2)c2cc(Cl)ccc21. The molecule has 0 aromatic heterocycles. The summed E-state index contributed by atoms with van der Waals surface area (Å²) in [5.74, 6) is -0.226. The molecule has 0 radical (unpaired) electrons. The molecule has 1 N–H and O–H groups in total. The molecule has 26 heavy (non-hydrogen) atoms. The molecule has 0 saturated heterocycles. The number of nitrogens with zero attached hydrogens (tertiary/aromatic N) is 2. The van der Waals surface area contributed by atoms with Crippen LogP contribution in [0.2, 0.25) is 5.02 Å². The van der Waals surface area contributed by atoms with Gasteiger partial charge in [-0.05, 0) is 25.1 Å². The fourth-order valence-corrected chi connectivity index (χ4v) is 2.90. The molecule has 0 atom stereocenters. The lowest BCUT2D eigenvalue weighted by molar-refractivity contribution is -0.117. The molecule has 3 rings (SSSR count). The van der Waals surface area contributed by atoms with Crippen molar-refractivity contribution in [3.05, 3.63) is 64.7 Å². The van der Waals surface area contributed by atoms with Crippen LogP contribution < -0.4 is 10.2 Å². The Morgan fingerprint density at radius 2 is 2.04 bits per heavy atom. The van der Waals surface area contributed by atoms with E-state index < -0.39 is 6.09 Å². The highest BCUT2D eigenvalue weighted by molar-refractivity contribution is 6.32. The van der Waals surface area contributed by atoms with E-state index in [1.54, 1.807) is 25.1 Å². The number of amides is 2. The molecule has 6 nitrogen and oxygen atoms in total. The number of halogens is 1. The van der Waals surface area contributed by atoms with Crippen molar-refractivity contribution >= 4 is 35.0 Å². The molecule has 2 amide bonds. The van der Waals surface area contributed by atoms with Gasteiger partial charge in [0.05, 0.1) is 18.0 Å². The Morgan fingerprint density at radius 1 is 1.27 bits per heavy atom. The molecule has 1 aliphatic heterocycles. The number of hydrogen-bond acceptors (Lipinski definition) is 4. The molecule has 0 fully saturated rings. The minimum absolute atomic E-state index is 0.0100. The van der Waals surface area contributed by atoms with Gasteiger partial charge in [0.1, 0.15) is 13.2 Å². The molecular weight excluding hydrogens is 354 g/mol. The molecule has 1 heterocycles. The fourth-order valence-electron chi connectivity index (χ4n) is 2.73. The average molecular weight is 372 g/mol. The van der Waals surface area contributed by atoms with Crippen LogP contribution in [0.4, 0.5) is 10.5 Å². The molecule has 7 heteroatoms. The molecule has 2 aromatic rings. The lowest BCUT2D eigenvalue weighted by atomic mass is 10.0.